The van der Waals surface area contributed by atoms with Crippen LogP contribution in [0.4, 0.5) is 0 Å². The normalized spacial score (nSPS) is 18.0. The van der Waals surface area contributed by atoms with Crippen molar-refractivity contribution in [3.63, 3.8) is 0 Å². The minimum Gasteiger partial charge on any atom is -0.381 e. The molecular formula is C12H16N4O2. The molecule has 1 aromatic rings. The fraction of sp³-hybridized carbons (Fsp3) is 0.583. The van der Waals surface area contributed by atoms with Crippen molar-refractivity contribution in [1.82, 2.24) is 15.1 Å². The number of nitrogens with zero attached hydrogens (tertiary/aromatic N) is 3. The summed E-state index contributed by atoms with van der Waals surface area (Å²) >= 11 is 0. The molecule has 96 valence electrons. The Morgan fingerprint density at radius 1 is 1.67 bits per heavy atom. The highest BCUT2D eigenvalue weighted by Crippen LogP contribution is 2.29. The first-order valence-corrected chi connectivity index (χ1v) is 5.92. The molecule has 0 spiro atoms. The van der Waals surface area contributed by atoms with Gasteiger partial charge in [-0.2, -0.15) is 10.4 Å². The molecule has 0 radical (unpaired) electrons. The molecule has 2 rings (SSSR count). The molecule has 1 amide bonds. The third kappa shape index (κ3) is 2.51. The van der Waals surface area contributed by atoms with Crippen LogP contribution in [-0.2, 0) is 23.1 Å². The van der Waals surface area contributed by atoms with Crippen LogP contribution in [0.1, 0.15) is 18.5 Å². The molecule has 1 aliphatic heterocycles. The number of hydrogen-bond donors (Lipinski definition) is 1. The molecule has 0 aromatic carbocycles. The van der Waals surface area contributed by atoms with Gasteiger partial charge in [-0.3, -0.25) is 9.48 Å². The van der Waals surface area contributed by atoms with Crippen molar-refractivity contribution in [2.45, 2.75) is 19.4 Å². The van der Waals surface area contributed by atoms with Crippen LogP contribution in [0.5, 0.6) is 0 Å². The topological polar surface area (TPSA) is 79.9 Å². The van der Waals surface area contributed by atoms with Gasteiger partial charge in [-0.15, -0.1) is 0 Å². The van der Waals surface area contributed by atoms with Crippen molar-refractivity contribution in [2.24, 2.45) is 12.5 Å². The average molecular weight is 248 g/mol. The van der Waals surface area contributed by atoms with Gasteiger partial charge >= 0.3 is 0 Å². The second kappa shape index (κ2) is 5.19. The zero-order valence-electron chi connectivity index (χ0n) is 10.3. The maximum absolute atomic E-state index is 12.1. The van der Waals surface area contributed by atoms with Crippen LogP contribution >= 0.6 is 0 Å². The van der Waals surface area contributed by atoms with Crippen LogP contribution in [0.3, 0.4) is 0 Å². The lowest BCUT2D eigenvalue weighted by atomic mass is 9.81. The lowest BCUT2D eigenvalue weighted by Crippen LogP contribution is -2.43. The van der Waals surface area contributed by atoms with Crippen molar-refractivity contribution in [3.05, 3.63) is 18.0 Å². The van der Waals surface area contributed by atoms with Crippen LogP contribution < -0.4 is 5.32 Å². The summed E-state index contributed by atoms with van der Waals surface area (Å²) in [6.07, 6.45) is 2.73. The van der Waals surface area contributed by atoms with Gasteiger partial charge in [0, 0.05) is 26.5 Å². The first-order valence-electron chi connectivity index (χ1n) is 5.92. The summed E-state index contributed by atoms with van der Waals surface area (Å²) in [5, 5.41) is 16.2. The first-order chi connectivity index (χ1) is 8.66. The van der Waals surface area contributed by atoms with Gasteiger partial charge in [0.05, 0.1) is 18.3 Å². The molecule has 6 heteroatoms. The van der Waals surface area contributed by atoms with Crippen molar-refractivity contribution in [3.8, 4) is 6.07 Å². The second-order valence-corrected chi connectivity index (χ2v) is 4.47. The van der Waals surface area contributed by atoms with Gasteiger partial charge in [-0.1, -0.05) is 0 Å². The van der Waals surface area contributed by atoms with E-state index in [4.69, 9.17) is 4.74 Å². The van der Waals surface area contributed by atoms with E-state index in [0.29, 0.717) is 32.6 Å². The molecule has 1 fully saturated rings. The molecule has 18 heavy (non-hydrogen) atoms. The molecule has 2 heterocycles. The van der Waals surface area contributed by atoms with Crippen molar-refractivity contribution < 1.29 is 9.53 Å². The van der Waals surface area contributed by atoms with Crippen molar-refractivity contribution in [2.75, 3.05) is 13.2 Å². The van der Waals surface area contributed by atoms with Gasteiger partial charge in [0.15, 0.2) is 0 Å². The molecule has 0 unspecified atom stereocenters. The number of aromatic nitrogens is 2. The fourth-order valence-corrected chi connectivity index (χ4v) is 2.01. The summed E-state index contributed by atoms with van der Waals surface area (Å²) in [5.41, 5.74) is -0.154. The average Bonchev–Trinajstić information content (AvgIpc) is 2.82. The van der Waals surface area contributed by atoms with Gasteiger partial charge in [-0.25, -0.2) is 0 Å². The Balaban J connectivity index is 1.96. The maximum atomic E-state index is 12.1. The summed E-state index contributed by atoms with van der Waals surface area (Å²) in [4.78, 5) is 12.1. The molecule has 0 saturated carbocycles. The number of rotatable bonds is 3. The molecule has 6 nitrogen and oxygen atoms in total. The Morgan fingerprint density at radius 2 is 2.39 bits per heavy atom. The Morgan fingerprint density at radius 3 is 2.94 bits per heavy atom. The quantitative estimate of drug-likeness (QED) is 0.837. The lowest BCUT2D eigenvalue weighted by Gasteiger charge is -2.29. The van der Waals surface area contributed by atoms with Crippen LogP contribution in [0.2, 0.25) is 0 Å². The van der Waals surface area contributed by atoms with Crippen molar-refractivity contribution >= 4 is 5.91 Å². The standard InChI is InChI=1S/C12H16N4O2/c1-16-5-2-10(15-16)8-14-11(17)12(9-13)3-6-18-7-4-12/h2,5H,3-4,6-8H2,1H3,(H,14,17). The summed E-state index contributed by atoms with van der Waals surface area (Å²) in [6, 6.07) is 3.98. The predicted octanol–water partition coefficient (Wildman–Crippen LogP) is 0.357. The zero-order chi connectivity index (χ0) is 13.0. The van der Waals surface area contributed by atoms with Crippen LogP contribution in [0, 0.1) is 16.7 Å². The summed E-state index contributed by atoms with van der Waals surface area (Å²) in [7, 11) is 1.82. The number of carbonyl (C=O) groups is 1. The summed E-state index contributed by atoms with van der Waals surface area (Å²) in [6.45, 7) is 1.28. The van der Waals surface area contributed by atoms with Crippen LogP contribution in [-0.4, -0.2) is 28.9 Å². The number of nitriles is 1. The minimum atomic E-state index is -0.937. The van der Waals surface area contributed by atoms with Crippen LogP contribution in [0.15, 0.2) is 12.3 Å². The summed E-state index contributed by atoms with van der Waals surface area (Å²) in [5.74, 6) is -0.223. The molecular weight excluding hydrogens is 232 g/mol. The number of aryl methyl sites for hydroxylation is 1. The maximum Gasteiger partial charge on any atom is 0.240 e. The van der Waals surface area contributed by atoms with E-state index in [-0.39, 0.29) is 5.91 Å². The third-order valence-corrected chi connectivity index (χ3v) is 3.19. The third-order valence-electron chi connectivity index (χ3n) is 3.19. The molecule has 0 aliphatic carbocycles. The van der Waals surface area contributed by atoms with Crippen LogP contribution in [0.25, 0.3) is 0 Å². The van der Waals surface area contributed by atoms with E-state index in [1.54, 1.807) is 4.68 Å². The highest BCUT2D eigenvalue weighted by Gasteiger charge is 2.40. The Hall–Kier alpha value is -1.87. The molecule has 1 aromatic heterocycles. The van der Waals surface area contributed by atoms with E-state index >= 15 is 0 Å². The lowest BCUT2D eigenvalue weighted by molar-refractivity contribution is -0.132. The van der Waals surface area contributed by atoms with Gasteiger partial charge in [0.2, 0.25) is 5.91 Å². The molecule has 0 atom stereocenters. The Labute approximate surface area is 106 Å². The van der Waals surface area contributed by atoms with E-state index in [9.17, 15) is 10.1 Å². The van der Waals surface area contributed by atoms with E-state index in [1.807, 2.05) is 19.3 Å². The molecule has 1 saturated heterocycles. The SMILES string of the molecule is Cn1ccc(CNC(=O)C2(C#N)CCOCC2)n1. The van der Waals surface area contributed by atoms with E-state index < -0.39 is 5.41 Å². The highest BCUT2D eigenvalue weighted by atomic mass is 16.5. The van der Waals surface area contributed by atoms with Gasteiger partial charge in [0.25, 0.3) is 0 Å². The predicted molar refractivity (Wildman–Crippen MR) is 63.2 cm³/mol. The monoisotopic (exact) mass is 248 g/mol. The fourth-order valence-electron chi connectivity index (χ4n) is 2.01. The molecule has 0 bridgehead atoms. The first kappa shape index (κ1) is 12.6. The highest BCUT2D eigenvalue weighted by molar-refractivity contribution is 5.85. The number of hydrogen-bond acceptors (Lipinski definition) is 4. The smallest absolute Gasteiger partial charge is 0.240 e. The summed E-state index contributed by atoms with van der Waals surface area (Å²) < 4.78 is 6.87. The molecule has 1 aliphatic rings. The Bertz CT molecular complexity index is 469. The zero-order valence-corrected chi connectivity index (χ0v) is 10.3. The number of amides is 1. The largest absolute Gasteiger partial charge is 0.381 e. The number of ether oxygens (including phenoxy) is 1. The Kier molecular flexibility index (Phi) is 3.63. The van der Waals surface area contributed by atoms with Crippen molar-refractivity contribution in [1.29, 1.82) is 5.26 Å². The van der Waals surface area contributed by atoms with Gasteiger partial charge < -0.3 is 10.1 Å². The van der Waals surface area contributed by atoms with E-state index in [2.05, 4.69) is 16.5 Å². The van der Waals surface area contributed by atoms with E-state index in [1.165, 1.54) is 0 Å². The second-order valence-electron chi connectivity index (χ2n) is 4.47. The number of carbonyl (C=O) groups excluding carboxylic acids is 1. The number of nitrogens with one attached hydrogen (secondary N) is 1. The molecule has 1 N–H and O–H groups in total. The van der Waals surface area contributed by atoms with E-state index in [0.717, 1.165) is 5.69 Å². The van der Waals surface area contributed by atoms with Gasteiger partial charge in [-0.05, 0) is 18.9 Å². The van der Waals surface area contributed by atoms with Gasteiger partial charge in [0.1, 0.15) is 5.41 Å². The minimum absolute atomic E-state index is 0.223.